The molecule has 1 aromatic carbocycles. The second-order valence-electron chi connectivity index (χ2n) is 7.19. The average molecular weight is 472 g/mol. The van der Waals surface area contributed by atoms with Crippen LogP contribution in [-0.2, 0) is 35.2 Å². The van der Waals surface area contributed by atoms with Gasteiger partial charge in [0, 0.05) is 20.1 Å². The van der Waals surface area contributed by atoms with Gasteiger partial charge in [-0.05, 0) is 30.5 Å². The summed E-state index contributed by atoms with van der Waals surface area (Å²) in [5, 5.41) is 3.37. The number of rotatable bonds is 4. The van der Waals surface area contributed by atoms with Gasteiger partial charge in [0.2, 0.25) is 15.8 Å². The highest BCUT2D eigenvalue weighted by Crippen LogP contribution is 2.31. The maximum absolute atomic E-state index is 12.9. The Hall–Kier alpha value is -2.35. The molecule has 1 saturated heterocycles. The standard InChI is InChI=1S/C17H18F6N4O3S/c1-25-14(17(21,22)23)24-27(15(25)28)13-6-8-26(9-7-13)31(29,30)10-11-2-4-12(5-3-11)16(18,19)20/h2-5,13H,6-10H2,1H3. The van der Waals surface area contributed by atoms with Crippen LogP contribution in [0.25, 0.3) is 0 Å². The van der Waals surface area contributed by atoms with Crippen LogP contribution in [0.5, 0.6) is 0 Å². The SMILES string of the molecule is Cn1c(C(F)(F)F)nn(C2CCN(S(=O)(=O)Cc3ccc(C(F)(F)F)cc3)CC2)c1=O. The van der Waals surface area contributed by atoms with Gasteiger partial charge in [-0.2, -0.15) is 26.3 Å². The quantitative estimate of drug-likeness (QED) is 0.642. The molecule has 0 saturated carbocycles. The lowest BCUT2D eigenvalue weighted by molar-refractivity contribution is -0.147. The Morgan fingerprint density at radius 3 is 2.00 bits per heavy atom. The Bertz CT molecular complexity index is 1090. The van der Waals surface area contributed by atoms with Crippen LogP contribution in [-0.4, -0.2) is 40.2 Å². The fraction of sp³-hybridized carbons (Fsp3) is 0.529. The molecular weight excluding hydrogens is 454 g/mol. The predicted octanol–water partition coefficient (Wildman–Crippen LogP) is 2.79. The molecular formula is C17H18F6N4O3S. The van der Waals surface area contributed by atoms with E-state index >= 15 is 0 Å². The van der Waals surface area contributed by atoms with E-state index in [-0.39, 0.29) is 31.5 Å². The van der Waals surface area contributed by atoms with Gasteiger partial charge in [-0.3, -0.25) is 4.57 Å². The third kappa shape index (κ3) is 4.95. The van der Waals surface area contributed by atoms with E-state index in [9.17, 15) is 39.6 Å². The number of nitrogens with zero attached hydrogens (tertiary/aromatic N) is 4. The van der Waals surface area contributed by atoms with Crippen molar-refractivity contribution in [2.45, 2.75) is 37.0 Å². The van der Waals surface area contributed by atoms with Crippen molar-refractivity contribution in [2.24, 2.45) is 7.05 Å². The largest absolute Gasteiger partial charge is 0.451 e. The second kappa shape index (κ2) is 7.97. The third-order valence-corrected chi connectivity index (χ3v) is 6.90. The van der Waals surface area contributed by atoms with Crippen molar-refractivity contribution in [1.29, 1.82) is 0 Å². The van der Waals surface area contributed by atoms with Gasteiger partial charge < -0.3 is 0 Å². The number of halogens is 6. The number of piperidine rings is 1. The van der Waals surface area contributed by atoms with Crippen LogP contribution < -0.4 is 5.69 Å². The molecule has 0 amide bonds. The fourth-order valence-electron chi connectivity index (χ4n) is 3.40. The summed E-state index contributed by atoms with van der Waals surface area (Å²) in [6.45, 7) is -0.115. The van der Waals surface area contributed by atoms with E-state index in [1.165, 1.54) is 0 Å². The van der Waals surface area contributed by atoms with Crippen molar-refractivity contribution in [2.75, 3.05) is 13.1 Å². The Balaban J connectivity index is 1.68. The molecule has 2 heterocycles. The highest BCUT2D eigenvalue weighted by Gasteiger charge is 2.39. The van der Waals surface area contributed by atoms with Crippen LogP contribution in [0.2, 0.25) is 0 Å². The van der Waals surface area contributed by atoms with Crippen LogP contribution in [0.4, 0.5) is 26.3 Å². The zero-order valence-corrected chi connectivity index (χ0v) is 16.9. The minimum atomic E-state index is -4.80. The summed E-state index contributed by atoms with van der Waals surface area (Å²) >= 11 is 0. The maximum Gasteiger partial charge on any atom is 0.451 e. The zero-order valence-electron chi connectivity index (χ0n) is 16.1. The summed E-state index contributed by atoms with van der Waals surface area (Å²) in [6.07, 6.45) is -9.19. The van der Waals surface area contributed by atoms with Crippen molar-refractivity contribution < 1.29 is 34.8 Å². The van der Waals surface area contributed by atoms with E-state index in [0.29, 0.717) is 4.57 Å². The smallest absolute Gasteiger partial charge is 0.274 e. The van der Waals surface area contributed by atoms with Gasteiger partial charge in [-0.25, -0.2) is 22.2 Å². The molecule has 31 heavy (non-hydrogen) atoms. The van der Waals surface area contributed by atoms with Crippen LogP contribution in [0.1, 0.15) is 35.8 Å². The Morgan fingerprint density at radius 1 is 1.00 bits per heavy atom. The molecule has 0 radical (unpaired) electrons. The van der Waals surface area contributed by atoms with Crippen molar-refractivity contribution in [1.82, 2.24) is 18.7 Å². The third-order valence-electron chi connectivity index (χ3n) is 5.05. The molecule has 0 atom stereocenters. The fourth-order valence-corrected chi connectivity index (χ4v) is 4.96. The molecule has 0 bridgehead atoms. The van der Waals surface area contributed by atoms with Gasteiger partial charge >= 0.3 is 18.0 Å². The molecule has 7 nitrogen and oxygen atoms in total. The predicted molar refractivity (Wildman–Crippen MR) is 96.4 cm³/mol. The lowest BCUT2D eigenvalue weighted by Gasteiger charge is -2.30. The molecule has 0 N–H and O–H groups in total. The minimum absolute atomic E-state index is 0.0575. The summed E-state index contributed by atoms with van der Waals surface area (Å²) in [7, 11) is -2.91. The molecule has 1 aliphatic heterocycles. The number of aromatic nitrogens is 3. The lowest BCUT2D eigenvalue weighted by Crippen LogP contribution is -2.41. The Labute approximate surface area is 172 Å². The molecule has 172 valence electrons. The van der Waals surface area contributed by atoms with E-state index in [4.69, 9.17) is 0 Å². The zero-order chi connectivity index (χ0) is 23.2. The number of alkyl halides is 6. The van der Waals surface area contributed by atoms with Crippen molar-refractivity contribution in [3.8, 4) is 0 Å². The van der Waals surface area contributed by atoms with E-state index in [0.717, 1.165) is 40.3 Å². The highest BCUT2D eigenvalue weighted by atomic mass is 32.2. The van der Waals surface area contributed by atoms with E-state index in [2.05, 4.69) is 5.10 Å². The van der Waals surface area contributed by atoms with Crippen LogP contribution >= 0.6 is 0 Å². The normalized spacial score (nSPS) is 17.3. The minimum Gasteiger partial charge on any atom is -0.274 e. The number of hydrogen-bond donors (Lipinski definition) is 0. The first-order valence-corrected chi connectivity index (χ1v) is 10.7. The topological polar surface area (TPSA) is 77.2 Å². The summed E-state index contributed by atoms with van der Waals surface area (Å²) in [5.41, 5.74) is -1.67. The van der Waals surface area contributed by atoms with Crippen LogP contribution in [0, 0.1) is 0 Å². The van der Waals surface area contributed by atoms with Crippen molar-refractivity contribution in [3.05, 3.63) is 51.7 Å². The number of benzene rings is 1. The Kier molecular flexibility index (Phi) is 5.99. The highest BCUT2D eigenvalue weighted by molar-refractivity contribution is 7.88. The first kappa shape index (κ1) is 23.3. The summed E-state index contributed by atoms with van der Waals surface area (Å²) in [4.78, 5) is 12.1. The second-order valence-corrected chi connectivity index (χ2v) is 9.16. The lowest BCUT2D eigenvalue weighted by atomic mass is 10.1. The van der Waals surface area contributed by atoms with Gasteiger partial charge in [0.1, 0.15) is 0 Å². The van der Waals surface area contributed by atoms with E-state index < -0.39 is 51.2 Å². The van der Waals surface area contributed by atoms with Crippen LogP contribution in [0.15, 0.2) is 29.1 Å². The summed E-state index contributed by atoms with van der Waals surface area (Å²) in [5.74, 6) is -1.85. The first-order valence-electron chi connectivity index (χ1n) is 9.07. The van der Waals surface area contributed by atoms with E-state index in [1.807, 2.05) is 0 Å². The van der Waals surface area contributed by atoms with Gasteiger partial charge in [0.15, 0.2) is 0 Å². The van der Waals surface area contributed by atoms with Gasteiger partial charge in [0.05, 0.1) is 17.4 Å². The average Bonchev–Trinajstić information content (AvgIpc) is 2.96. The number of hydrogen-bond acceptors (Lipinski definition) is 4. The molecule has 0 unspecified atom stereocenters. The maximum atomic E-state index is 12.9. The molecule has 0 aliphatic carbocycles. The molecule has 1 aromatic heterocycles. The Morgan fingerprint density at radius 2 is 1.55 bits per heavy atom. The van der Waals surface area contributed by atoms with Gasteiger partial charge in [-0.15, -0.1) is 5.10 Å². The number of sulfonamides is 1. The summed E-state index contributed by atoms with van der Waals surface area (Å²) < 4.78 is 104. The monoisotopic (exact) mass is 472 g/mol. The first-order chi connectivity index (χ1) is 14.2. The summed E-state index contributed by atoms with van der Waals surface area (Å²) in [6, 6.07) is 3.05. The molecule has 1 fully saturated rings. The van der Waals surface area contributed by atoms with Gasteiger partial charge in [-0.1, -0.05) is 12.1 Å². The molecule has 1 aliphatic rings. The molecule has 14 heteroatoms. The van der Waals surface area contributed by atoms with E-state index in [1.54, 1.807) is 0 Å². The van der Waals surface area contributed by atoms with Gasteiger partial charge in [0.25, 0.3) is 0 Å². The molecule has 2 aromatic rings. The van der Waals surface area contributed by atoms with Crippen LogP contribution in [0.3, 0.4) is 0 Å². The molecule has 0 spiro atoms. The van der Waals surface area contributed by atoms with Crippen molar-refractivity contribution >= 4 is 10.0 Å². The molecule has 3 rings (SSSR count). The van der Waals surface area contributed by atoms with Crippen molar-refractivity contribution in [3.63, 3.8) is 0 Å².